The van der Waals surface area contributed by atoms with Crippen molar-refractivity contribution in [2.75, 3.05) is 9.80 Å². The number of nitrogens with zero attached hydrogens (tertiary/aromatic N) is 2. The van der Waals surface area contributed by atoms with E-state index < -0.39 is 0 Å². The van der Waals surface area contributed by atoms with Crippen molar-refractivity contribution in [1.29, 1.82) is 0 Å². The third kappa shape index (κ3) is 8.79. The first-order valence-corrected chi connectivity index (χ1v) is 17.9. The molecule has 0 fully saturated rings. The Morgan fingerprint density at radius 2 is 0.978 bits per heavy atom. The van der Waals surface area contributed by atoms with Crippen molar-refractivity contribution < 1.29 is 0 Å². The van der Waals surface area contributed by atoms with Gasteiger partial charge >= 0.3 is 0 Å². The maximum absolute atomic E-state index is 3.63. The van der Waals surface area contributed by atoms with Crippen LogP contribution in [0.25, 0.3) is 0 Å². The van der Waals surface area contributed by atoms with E-state index in [-0.39, 0.29) is 0 Å². The number of unbranched alkanes of at least 4 members (excludes halogenated alkanes) is 3. The van der Waals surface area contributed by atoms with E-state index in [2.05, 4.69) is 162 Å². The van der Waals surface area contributed by atoms with E-state index in [9.17, 15) is 0 Å². The number of allylic oxidation sites excluding steroid dienone is 3. The van der Waals surface area contributed by atoms with Gasteiger partial charge in [-0.3, -0.25) is 0 Å². The van der Waals surface area contributed by atoms with Gasteiger partial charge < -0.3 is 9.80 Å². The number of benzene rings is 4. The van der Waals surface area contributed by atoms with Crippen LogP contribution in [0.4, 0.5) is 28.4 Å². The van der Waals surface area contributed by atoms with Crippen LogP contribution in [-0.2, 0) is 12.8 Å². The van der Waals surface area contributed by atoms with Gasteiger partial charge in [0, 0.05) is 38.6 Å². The molecule has 1 aliphatic rings. The van der Waals surface area contributed by atoms with Crippen LogP contribution >= 0.6 is 15.9 Å². The topological polar surface area (TPSA) is 6.48 Å². The van der Waals surface area contributed by atoms with E-state index in [1.807, 2.05) is 0 Å². The minimum atomic E-state index is 0.637. The van der Waals surface area contributed by atoms with Crippen LogP contribution in [-0.4, -0.2) is 0 Å². The number of hydrogen-bond acceptors (Lipinski definition) is 2. The fourth-order valence-electron chi connectivity index (χ4n) is 6.12. The average molecular weight is 662 g/mol. The smallest absolute Gasteiger partial charge is 0.0463 e. The van der Waals surface area contributed by atoms with Gasteiger partial charge in [-0.1, -0.05) is 98.8 Å². The maximum atomic E-state index is 3.63. The third-order valence-corrected chi connectivity index (χ3v) is 9.36. The highest BCUT2D eigenvalue weighted by Crippen LogP contribution is 2.39. The Labute approximate surface area is 280 Å². The van der Waals surface area contributed by atoms with Gasteiger partial charge in [-0.2, -0.15) is 0 Å². The SMILES string of the molecule is CCCCc1ccc(N(c2ccc(CCCC)cc2)c2ccc(N(C3=CCC(CCCC)C=C3)c3ccc(Br)cc3)cc2)cc1. The molecule has 2 nitrogen and oxygen atoms in total. The quantitative estimate of drug-likeness (QED) is 0.125. The summed E-state index contributed by atoms with van der Waals surface area (Å²) in [5, 5.41) is 0. The lowest BCUT2D eigenvalue weighted by atomic mass is 9.93. The Balaban J connectivity index is 1.48. The summed E-state index contributed by atoms with van der Waals surface area (Å²) >= 11 is 3.63. The largest absolute Gasteiger partial charge is 0.311 e. The Bertz CT molecular complexity index is 1460. The lowest BCUT2D eigenvalue weighted by Crippen LogP contribution is -2.18. The van der Waals surface area contributed by atoms with Crippen molar-refractivity contribution in [1.82, 2.24) is 0 Å². The minimum Gasteiger partial charge on any atom is -0.311 e. The van der Waals surface area contributed by atoms with Gasteiger partial charge in [0.05, 0.1) is 0 Å². The standard InChI is InChI=1S/C42H49BrN2/c1-4-7-10-33-13-21-37(22-14-33)44(38-23-15-34(16-24-38)11-8-5-2)41-29-31-42(32-30-41)45(40-27-19-36(43)20-28-40)39-25-17-35(18-26-39)12-9-6-3/h13-17,19-32,35H,4-12,18H2,1-3H3. The second-order valence-corrected chi connectivity index (χ2v) is 13.2. The third-order valence-electron chi connectivity index (χ3n) is 8.83. The van der Waals surface area contributed by atoms with Crippen LogP contribution < -0.4 is 9.80 Å². The molecule has 0 saturated heterocycles. The molecule has 0 aromatic heterocycles. The number of aryl methyl sites for hydroxylation is 2. The molecular formula is C42H49BrN2. The van der Waals surface area contributed by atoms with Crippen molar-refractivity contribution >= 4 is 44.4 Å². The fourth-order valence-corrected chi connectivity index (χ4v) is 6.38. The van der Waals surface area contributed by atoms with Crippen LogP contribution in [0.15, 0.2) is 125 Å². The highest BCUT2D eigenvalue weighted by atomic mass is 79.9. The van der Waals surface area contributed by atoms with Gasteiger partial charge in [-0.15, -0.1) is 0 Å². The molecule has 1 aliphatic carbocycles. The van der Waals surface area contributed by atoms with Crippen LogP contribution in [0.1, 0.15) is 83.3 Å². The lowest BCUT2D eigenvalue weighted by molar-refractivity contribution is 0.555. The highest BCUT2D eigenvalue weighted by molar-refractivity contribution is 9.10. The van der Waals surface area contributed by atoms with Gasteiger partial charge in [0.2, 0.25) is 0 Å². The molecule has 234 valence electrons. The van der Waals surface area contributed by atoms with Crippen LogP contribution in [0.2, 0.25) is 0 Å². The average Bonchev–Trinajstić information content (AvgIpc) is 3.09. The predicted molar refractivity (Wildman–Crippen MR) is 199 cm³/mol. The van der Waals surface area contributed by atoms with Gasteiger partial charge in [0.25, 0.3) is 0 Å². The molecule has 0 radical (unpaired) electrons. The zero-order valence-corrected chi connectivity index (χ0v) is 29.0. The van der Waals surface area contributed by atoms with E-state index in [0.717, 1.165) is 40.8 Å². The van der Waals surface area contributed by atoms with Gasteiger partial charge in [-0.25, -0.2) is 0 Å². The molecule has 0 N–H and O–H groups in total. The Kier molecular flexibility index (Phi) is 12.2. The summed E-state index contributed by atoms with van der Waals surface area (Å²) < 4.78 is 1.09. The highest BCUT2D eigenvalue weighted by Gasteiger charge is 2.19. The molecule has 5 rings (SSSR count). The summed E-state index contributed by atoms with van der Waals surface area (Å²) in [7, 11) is 0. The molecule has 0 heterocycles. The van der Waals surface area contributed by atoms with Gasteiger partial charge in [-0.05, 0) is 134 Å². The molecule has 3 heteroatoms. The number of anilines is 5. The van der Waals surface area contributed by atoms with Crippen LogP contribution in [0.5, 0.6) is 0 Å². The van der Waals surface area contributed by atoms with E-state index in [1.165, 1.54) is 73.1 Å². The second kappa shape index (κ2) is 16.7. The molecule has 1 unspecified atom stereocenters. The summed E-state index contributed by atoms with van der Waals surface area (Å²) in [6.07, 6.45) is 19.2. The summed E-state index contributed by atoms with van der Waals surface area (Å²) in [6, 6.07) is 36.1. The summed E-state index contributed by atoms with van der Waals surface area (Å²) in [5.41, 5.74) is 9.90. The molecule has 45 heavy (non-hydrogen) atoms. The zero-order chi connectivity index (χ0) is 31.4. The molecule has 0 saturated carbocycles. The Morgan fingerprint density at radius 1 is 0.556 bits per heavy atom. The van der Waals surface area contributed by atoms with Crippen molar-refractivity contribution in [3.8, 4) is 0 Å². The first kappa shape index (κ1) is 32.8. The molecule has 4 aromatic rings. The molecule has 0 aliphatic heterocycles. The monoisotopic (exact) mass is 660 g/mol. The molecular weight excluding hydrogens is 612 g/mol. The zero-order valence-electron chi connectivity index (χ0n) is 27.4. The summed E-state index contributed by atoms with van der Waals surface area (Å²) in [5.74, 6) is 0.637. The second-order valence-electron chi connectivity index (χ2n) is 12.3. The maximum Gasteiger partial charge on any atom is 0.0463 e. The predicted octanol–water partition coefficient (Wildman–Crippen LogP) is 13.4. The normalized spacial score (nSPS) is 14.3. The first-order valence-electron chi connectivity index (χ1n) is 17.1. The van der Waals surface area contributed by atoms with E-state index >= 15 is 0 Å². The van der Waals surface area contributed by atoms with Crippen LogP contribution in [0, 0.1) is 5.92 Å². The van der Waals surface area contributed by atoms with Crippen molar-refractivity contribution in [2.45, 2.75) is 85.0 Å². The lowest BCUT2D eigenvalue weighted by Gasteiger charge is -2.30. The molecule has 4 aromatic carbocycles. The molecule has 0 amide bonds. The number of halogens is 1. The number of hydrogen-bond donors (Lipinski definition) is 0. The van der Waals surface area contributed by atoms with E-state index in [4.69, 9.17) is 0 Å². The Hall–Kier alpha value is -3.56. The van der Waals surface area contributed by atoms with Gasteiger partial charge in [0.15, 0.2) is 0 Å². The minimum absolute atomic E-state index is 0.637. The molecule has 1 atom stereocenters. The summed E-state index contributed by atoms with van der Waals surface area (Å²) in [4.78, 5) is 4.78. The molecule has 0 bridgehead atoms. The van der Waals surface area contributed by atoms with Crippen molar-refractivity contribution in [2.24, 2.45) is 5.92 Å². The Morgan fingerprint density at radius 3 is 1.40 bits per heavy atom. The first-order chi connectivity index (χ1) is 22.1. The molecule has 0 spiro atoms. The van der Waals surface area contributed by atoms with Gasteiger partial charge in [0.1, 0.15) is 0 Å². The van der Waals surface area contributed by atoms with Crippen molar-refractivity contribution in [3.63, 3.8) is 0 Å². The van der Waals surface area contributed by atoms with Crippen molar-refractivity contribution in [3.05, 3.63) is 137 Å². The van der Waals surface area contributed by atoms with E-state index in [0.29, 0.717) is 5.92 Å². The number of rotatable bonds is 15. The van der Waals surface area contributed by atoms with Crippen LogP contribution in [0.3, 0.4) is 0 Å². The summed E-state index contributed by atoms with van der Waals surface area (Å²) in [6.45, 7) is 6.79. The fraction of sp³-hybridized carbons (Fsp3) is 0.333. The van der Waals surface area contributed by atoms with E-state index in [1.54, 1.807) is 0 Å².